The quantitative estimate of drug-likeness (QED) is 0.263. The number of amides is 2. The molecule has 1 aliphatic heterocycles. The van der Waals surface area contributed by atoms with Gasteiger partial charge in [0.1, 0.15) is 0 Å². The SMILES string of the molecule is CC(C)(C)[C@H](C(=O)N1CCC1)c1c(NC(=O)c2ccccc2)cnc2nc(F)c(C3(c4ccc5ncccc5c4)CC3)n12. The van der Waals surface area contributed by atoms with Gasteiger partial charge in [0.2, 0.25) is 17.6 Å². The lowest BCUT2D eigenvalue weighted by Crippen LogP contribution is -2.47. The molecule has 2 amide bonds. The topological polar surface area (TPSA) is 92.5 Å². The van der Waals surface area contributed by atoms with Gasteiger partial charge in [-0.05, 0) is 60.6 Å². The Morgan fingerprint density at radius 1 is 1.00 bits per heavy atom. The average molecular weight is 577 g/mol. The fourth-order valence-electron chi connectivity index (χ4n) is 6.36. The number of carbonyl (C=O) groups excluding carboxylic acids is 2. The first kappa shape index (κ1) is 27.2. The highest BCUT2D eigenvalue weighted by molar-refractivity contribution is 6.05. The van der Waals surface area contributed by atoms with E-state index in [1.165, 1.54) is 6.20 Å². The number of rotatable bonds is 6. The Labute approximate surface area is 249 Å². The van der Waals surface area contributed by atoms with Crippen LogP contribution in [0.1, 0.15) is 73.3 Å². The molecule has 8 nitrogen and oxygen atoms in total. The van der Waals surface area contributed by atoms with E-state index >= 15 is 4.39 Å². The summed E-state index contributed by atoms with van der Waals surface area (Å²) in [6, 6.07) is 18.8. The second-order valence-corrected chi connectivity index (χ2v) is 12.7. The van der Waals surface area contributed by atoms with Crippen LogP contribution in [0.25, 0.3) is 16.7 Å². The van der Waals surface area contributed by atoms with E-state index in [-0.39, 0.29) is 17.6 Å². The summed E-state index contributed by atoms with van der Waals surface area (Å²) in [6.07, 6.45) is 5.62. The zero-order valence-electron chi connectivity index (χ0n) is 24.5. The van der Waals surface area contributed by atoms with Crippen molar-refractivity contribution in [2.75, 3.05) is 18.4 Å². The van der Waals surface area contributed by atoms with E-state index in [9.17, 15) is 9.59 Å². The summed E-state index contributed by atoms with van der Waals surface area (Å²) in [7, 11) is 0. The van der Waals surface area contributed by atoms with Crippen LogP contribution in [-0.2, 0) is 10.2 Å². The second-order valence-electron chi connectivity index (χ2n) is 12.7. The zero-order chi connectivity index (χ0) is 29.9. The molecule has 9 heteroatoms. The van der Waals surface area contributed by atoms with Gasteiger partial charge in [-0.1, -0.05) is 51.1 Å². The highest BCUT2D eigenvalue weighted by atomic mass is 19.1. The number of carbonyl (C=O) groups is 2. The number of hydrogen-bond donors (Lipinski definition) is 1. The van der Waals surface area contributed by atoms with Gasteiger partial charge in [0.25, 0.3) is 5.91 Å². The molecule has 0 bridgehead atoms. The van der Waals surface area contributed by atoms with Gasteiger partial charge >= 0.3 is 0 Å². The molecule has 4 heterocycles. The zero-order valence-corrected chi connectivity index (χ0v) is 24.5. The first-order valence-corrected chi connectivity index (χ1v) is 14.8. The van der Waals surface area contributed by atoms with Gasteiger partial charge in [-0.3, -0.25) is 19.0 Å². The average Bonchev–Trinajstić information content (AvgIpc) is 3.68. The first-order chi connectivity index (χ1) is 20.7. The Morgan fingerprint density at radius 3 is 2.44 bits per heavy atom. The maximum Gasteiger partial charge on any atom is 0.255 e. The normalized spacial score (nSPS) is 16.6. The number of nitrogens with one attached hydrogen (secondary N) is 1. The van der Waals surface area contributed by atoms with Gasteiger partial charge in [-0.15, -0.1) is 0 Å². The van der Waals surface area contributed by atoms with E-state index in [0.29, 0.717) is 48.6 Å². The molecule has 0 radical (unpaired) electrons. The predicted octanol–water partition coefficient (Wildman–Crippen LogP) is 6.11. The van der Waals surface area contributed by atoms with Gasteiger partial charge in [0, 0.05) is 35.7 Å². The monoisotopic (exact) mass is 576 g/mol. The van der Waals surface area contributed by atoms with Crippen LogP contribution in [0.5, 0.6) is 0 Å². The van der Waals surface area contributed by atoms with E-state index in [2.05, 4.69) is 26.3 Å². The molecule has 2 aromatic carbocycles. The Morgan fingerprint density at radius 2 is 1.77 bits per heavy atom. The molecule has 1 N–H and O–H groups in total. The Balaban J connectivity index is 1.47. The first-order valence-electron chi connectivity index (χ1n) is 14.8. The number of hydrogen-bond acceptors (Lipinski definition) is 5. The molecule has 1 aliphatic carbocycles. The summed E-state index contributed by atoms with van der Waals surface area (Å²) < 4.78 is 17.9. The molecule has 1 saturated heterocycles. The fraction of sp³-hybridized carbons (Fsp3) is 0.324. The van der Waals surface area contributed by atoms with Gasteiger partial charge in [-0.25, -0.2) is 4.98 Å². The van der Waals surface area contributed by atoms with E-state index in [1.807, 2.05) is 56.0 Å². The maximum atomic E-state index is 16.2. The molecule has 3 aromatic heterocycles. The number of nitrogens with zero attached hydrogens (tertiary/aromatic N) is 5. The van der Waals surface area contributed by atoms with Crippen molar-refractivity contribution in [2.24, 2.45) is 5.41 Å². The van der Waals surface area contributed by atoms with Crippen molar-refractivity contribution in [1.82, 2.24) is 24.3 Å². The van der Waals surface area contributed by atoms with Crippen molar-refractivity contribution in [2.45, 2.75) is 51.4 Å². The molecule has 1 atom stereocenters. The number of anilines is 1. The Hall–Kier alpha value is -4.66. The van der Waals surface area contributed by atoms with E-state index < -0.39 is 22.7 Å². The third-order valence-electron chi connectivity index (χ3n) is 8.84. The van der Waals surface area contributed by atoms with Gasteiger partial charge in [0.15, 0.2) is 0 Å². The van der Waals surface area contributed by atoms with Crippen LogP contribution < -0.4 is 5.32 Å². The lowest BCUT2D eigenvalue weighted by molar-refractivity contribution is -0.139. The number of aromatic nitrogens is 4. The predicted molar refractivity (Wildman–Crippen MR) is 162 cm³/mol. The number of pyridine rings is 1. The summed E-state index contributed by atoms with van der Waals surface area (Å²) in [5.41, 5.74) is 2.29. The number of imidazole rings is 1. The molecule has 5 aromatic rings. The maximum absolute atomic E-state index is 16.2. The standard InChI is InChI=1S/C34H33FN6O2/c1-33(2,3)26(31(43)40-17-8-18-40)27-25(38-30(42)21-9-5-4-6-10-21)20-37-32-39-29(35)28(41(27)32)34(14-15-34)23-12-13-24-22(19-23)11-7-16-36-24/h4-7,9-13,16,19-20,26H,8,14-15,17-18H2,1-3H3,(H,38,42)/t26-/m0/s1. The smallest absolute Gasteiger partial charge is 0.255 e. The lowest BCUT2D eigenvalue weighted by Gasteiger charge is -2.39. The number of benzene rings is 2. The van der Waals surface area contributed by atoms with Crippen LogP contribution in [0.3, 0.4) is 0 Å². The molecular weight excluding hydrogens is 543 g/mol. The van der Waals surface area contributed by atoms with Crippen LogP contribution in [-0.4, -0.2) is 49.2 Å². The molecule has 2 fully saturated rings. The summed E-state index contributed by atoms with van der Waals surface area (Å²) in [5, 5.41) is 3.99. The summed E-state index contributed by atoms with van der Waals surface area (Å²) in [4.78, 5) is 42.7. The summed E-state index contributed by atoms with van der Waals surface area (Å²) >= 11 is 0. The molecular formula is C34H33FN6O2. The summed E-state index contributed by atoms with van der Waals surface area (Å²) in [5.74, 6) is -1.54. The number of likely N-dealkylation sites (tertiary alicyclic amines) is 1. The molecule has 43 heavy (non-hydrogen) atoms. The summed E-state index contributed by atoms with van der Waals surface area (Å²) in [6.45, 7) is 7.35. The van der Waals surface area contributed by atoms with Crippen LogP contribution in [0.15, 0.2) is 73.1 Å². The Bertz CT molecular complexity index is 1890. The molecule has 1 saturated carbocycles. The van der Waals surface area contributed by atoms with Crippen molar-refractivity contribution in [3.63, 3.8) is 0 Å². The third kappa shape index (κ3) is 4.54. The number of halogens is 1. The van der Waals surface area contributed by atoms with Crippen LogP contribution in [0, 0.1) is 11.4 Å². The van der Waals surface area contributed by atoms with E-state index in [1.54, 1.807) is 34.9 Å². The minimum Gasteiger partial charge on any atom is -0.342 e. The molecule has 0 unspecified atom stereocenters. The van der Waals surface area contributed by atoms with E-state index in [0.717, 1.165) is 22.9 Å². The highest BCUT2D eigenvalue weighted by Crippen LogP contribution is 2.55. The van der Waals surface area contributed by atoms with Gasteiger partial charge in [-0.2, -0.15) is 9.37 Å². The molecule has 218 valence electrons. The Kier molecular flexibility index (Phi) is 6.30. The van der Waals surface area contributed by atoms with Crippen molar-refractivity contribution in [1.29, 1.82) is 0 Å². The van der Waals surface area contributed by atoms with Crippen molar-refractivity contribution in [3.8, 4) is 0 Å². The van der Waals surface area contributed by atoms with Gasteiger partial charge < -0.3 is 10.2 Å². The van der Waals surface area contributed by atoms with E-state index in [4.69, 9.17) is 0 Å². The minimum absolute atomic E-state index is 0.0526. The van der Waals surface area contributed by atoms with Gasteiger partial charge in [0.05, 0.1) is 34.7 Å². The fourth-order valence-corrected chi connectivity index (χ4v) is 6.36. The van der Waals surface area contributed by atoms with Crippen molar-refractivity contribution >= 4 is 34.2 Å². The van der Waals surface area contributed by atoms with Crippen molar-refractivity contribution in [3.05, 3.63) is 102 Å². The van der Waals surface area contributed by atoms with Crippen molar-refractivity contribution < 1.29 is 14.0 Å². The molecule has 0 spiro atoms. The largest absolute Gasteiger partial charge is 0.342 e. The lowest BCUT2D eigenvalue weighted by atomic mass is 9.76. The van der Waals surface area contributed by atoms with Crippen LogP contribution >= 0.6 is 0 Å². The molecule has 7 rings (SSSR count). The van der Waals surface area contributed by atoms with Crippen LogP contribution in [0.4, 0.5) is 10.1 Å². The minimum atomic E-state index is -0.701. The number of fused-ring (bicyclic) bond motifs is 2. The van der Waals surface area contributed by atoms with Crippen LogP contribution in [0.2, 0.25) is 0 Å². The highest BCUT2D eigenvalue weighted by Gasteiger charge is 2.52. The second kappa shape index (κ2) is 9.97. The third-order valence-corrected chi connectivity index (χ3v) is 8.84. The molecule has 2 aliphatic rings.